The van der Waals surface area contributed by atoms with Gasteiger partial charge in [-0.1, -0.05) is 6.07 Å². The number of alkyl halides is 2. The smallest absolute Gasteiger partial charge is 0.242 e. The lowest BCUT2D eigenvalue weighted by atomic mass is 10.1. The summed E-state index contributed by atoms with van der Waals surface area (Å²) < 4.78 is 34.1. The molecule has 4 heteroatoms. The van der Waals surface area contributed by atoms with E-state index in [0.717, 1.165) is 0 Å². The van der Waals surface area contributed by atoms with Gasteiger partial charge in [0.1, 0.15) is 0 Å². The fourth-order valence-electron chi connectivity index (χ4n) is 1.19. The van der Waals surface area contributed by atoms with Crippen molar-refractivity contribution in [3.8, 4) is 11.5 Å². The Balaban J connectivity index is 2.89. The third-order valence-corrected chi connectivity index (χ3v) is 1.84. The van der Waals surface area contributed by atoms with Gasteiger partial charge in [0.05, 0.1) is 14.2 Å². The molecule has 1 aromatic rings. The first-order chi connectivity index (χ1) is 6.67. The SMILES string of the molecule is COc1ccc(CC(F)F)cc1OC. The van der Waals surface area contributed by atoms with E-state index in [-0.39, 0.29) is 6.42 Å². The third-order valence-electron chi connectivity index (χ3n) is 1.84. The van der Waals surface area contributed by atoms with E-state index in [1.54, 1.807) is 18.2 Å². The predicted molar refractivity (Wildman–Crippen MR) is 49.3 cm³/mol. The molecule has 0 N–H and O–H groups in total. The Morgan fingerprint density at radius 2 is 1.79 bits per heavy atom. The van der Waals surface area contributed by atoms with Crippen molar-refractivity contribution in [3.63, 3.8) is 0 Å². The van der Waals surface area contributed by atoms with Crippen LogP contribution in [0.5, 0.6) is 11.5 Å². The van der Waals surface area contributed by atoms with Crippen molar-refractivity contribution in [2.75, 3.05) is 14.2 Å². The fraction of sp³-hybridized carbons (Fsp3) is 0.400. The molecular weight excluding hydrogens is 190 g/mol. The number of ether oxygens (including phenoxy) is 2. The third kappa shape index (κ3) is 2.58. The summed E-state index contributed by atoms with van der Waals surface area (Å²) in [6, 6.07) is 4.79. The van der Waals surface area contributed by atoms with Crippen molar-refractivity contribution < 1.29 is 18.3 Å². The highest BCUT2D eigenvalue weighted by Gasteiger charge is 2.08. The van der Waals surface area contributed by atoms with Crippen LogP contribution in [0.3, 0.4) is 0 Å². The van der Waals surface area contributed by atoms with Crippen LogP contribution in [0.2, 0.25) is 0 Å². The van der Waals surface area contributed by atoms with Gasteiger partial charge >= 0.3 is 0 Å². The van der Waals surface area contributed by atoms with Crippen LogP contribution in [-0.4, -0.2) is 20.6 Å². The highest BCUT2D eigenvalue weighted by molar-refractivity contribution is 5.42. The van der Waals surface area contributed by atoms with Gasteiger partial charge in [0.15, 0.2) is 11.5 Å². The first kappa shape index (κ1) is 10.8. The topological polar surface area (TPSA) is 18.5 Å². The Morgan fingerprint density at radius 1 is 1.14 bits per heavy atom. The number of benzene rings is 1. The summed E-state index contributed by atoms with van der Waals surface area (Å²) >= 11 is 0. The van der Waals surface area contributed by atoms with Crippen LogP contribution in [0.25, 0.3) is 0 Å². The Bertz CT molecular complexity index is 300. The van der Waals surface area contributed by atoms with E-state index < -0.39 is 6.43 Å². The molecule has 1 aromatic carbocycles. The summed E-state index contributed by atoms with van der Waals surface area (Å²) in [5.41, 5.74) is 0.539. The van der Waals surface area contributed by atoms with Crippen LogP contribution in [-0.2, 0) is 6.42 Å². The van der Waals surface area contributed by atoms with Gasteiger partial charge in [0.25, 0.3) is 0 Å². The molecule has 78 valence electrons. The molecule has 0 saturated carbocycles. The van der Waals surface area contributed by atoms with E-state index in [0.29, 0.717) is 17.1 Å². The van der Waals surface area contributed by atoms with Gasteiger partial charge in [-0.05, 0) is 17.7 Å². The molecule has 0 fully saturated rings. The van der Waals surface area contributed by atoms with Gasteiger partial charge in [0.2, 0.25) is 6.43 Å². The van der Waals surface area contributed by atoms with Crippen LogP contribution in [0.15, 0.2) is 18.2 Å². The molecule has 0 bridgehead atoms. The maximum absolute atomic E-state index is 12.1. The lowest BCUT2D eigenvalue weighted by Gasteiger charge is -2.09. The van der Waals surface area contributed by atoms with E-state index in [9.17, 15) is 8.78 Å². The average molecular weight is 202 g/mol. The van der Waals surface area contributed by atoms with Gasteiger partial charge in [0, 0.05) is 6.42 Å². The first-order valence-corrected chi connectivity index (χ1v) is 4.16. The molecule has 0 amide bonds. The van der Waals surface area contributed by atoms with Gasteiger partial charge < -0.3 is 9.47 Å². The Morgan fingerprint density at radius 3 is 2.29 bits per heavy atom. The van der Waals surface area contributed by atoms with Crippen LogP contribution >= 0.6 is 0 Å². The Kier molecular flexibility index (Phi) is 3.68. The summed E-state index contributed by atoms with van der Waals surface area (Å²) in [5, 5.41) is 0. The second-order valence-corrected chi connectivity index (χ2v) is 2.78. The van der Waals surface area contributed by atoms with Crippen LogP contribution in [0, 0.1) is 0 Å². The van der Waals surface area contributed by atoms with E-state index in [4.69, 9.17) is 9.47 Å². The zero-order chi connectivity index (χ0) is 10.6. The second-order valence-electron chi connectivity index (χ2n) is 2.78. The van der Waals surface area contributed by atoms with Crippen molar-refractivity contribution in [2.24, 2.45) is 0 Å². The highest BCUT2D eigenvalue weighted by atomic mass is 19.3. The summed E-state index contributed by atoms with van der Waals surface area (Å²) in [6.45, 7) is 0. The van der Waals surface area contributed by atoms with Crippen molar-refractivity contribution in [1.29, 1.82) is 0 Å². The predicted octanol–water partition coefficient (Wildman–Crippen LogP) is 2.51. The molecule has 0 aromatic heterocycles. The molecule has 0 spiro atoms. The van der Waals surface area contributed by atoms with E-state index in [2.05, 4.69) is 0 Å². The Hall–Kier alpha value is -1.32. The zero-order valence-corrected chi connectivity index (χ0v) is 8.09. The molecule has 0 aliphatic rings. The van der Waals surface area contributed by atoms with Crippen molar-refractivity contribution in [3.05, 3.63) is 23.8 Å². The molecule has 0 aliphatic carbocycles. The van der Waals surface area contributed by atoms with Crippen molar-refractivity contribution >= 4 is 0 Å². The van der Waals surface area contributed by atoms with Gasteiger partial charge in [-0.25, -0.2) is 8.78 Å². The van der Waals surface area contributed by atoms with E-state index in [1.807, 2.05) is 0 Å². The number of hydrogen-bond acceptors (Lipinski definition) is 2. The second kappa shape index (κ2) is 4.79. The number of methoxy groups -OCH3 is 2. The van der Waals surface area contributed by atoms with Crippen LogP contribution in [0.1, 0.15) is 5.56 Å². The highest BCUT2D eigenvalue weighted by Crippen LogP contribution is 2.28. The normalized spacial score (nSPS) is 10.4. The minimum absolute atomic E-state index is 0.264. The van der Waals surface area contributed by atoms with Crippen molar-refractivity contribution in [1.82, 2.24) is 0 Å². The van der Waals surface area contributed by atoms with Gasteiger partial charge in [-0.15, -0.1) is 0 Å². The maximum atomic E-state index is 12.1. The molecule has 0 aliphatic heterocycles. The van der Waals surface area contributed by atoms with Crippen LogP contribution in [0.4, 0.5) is 8.78 Å². The molecule has 0 atom stereocenters. The molecule has 0 saturated heterocycles. The monoisotopic (exact) mass is 202 g/mol. The van der Waals surface area contributed by atoms with Crippen molar-refractivity contribution in [2.45, 2.75) is 12.8 Å². The lowest BCUT2D eigenvalue weighted by molar-refractivity contribution is 0.149. The van der Waals surface area contributed by atoms with E-state index in [1.165, 1.54) is 14.2 Å². The summed E-state index contributed by atoms with van der Waals surface area (Å²) in [7, 11) is 2.98. The molecule has 0 unspecified atom stereocenters. The molecular formula is C10H12F2O2. The maximum Gasteiger partial charge on any atom is 0.242 e. The summed E-state index contributed by atoms with van der Waals surface area (Å²) in [4.78, 5) is 0. The molecule has 14 heavy (non-hydrogen) atoms. The largest absolute Gasteiger partial charge is 0.493 e. The standard InChI is InChI=1S/C10H12F2O2/c1-13-8-4-3-7(6-10(11)12)5-9(8)14-2/h3-5,10H,6H2,1-2H3. The molecule has 0 heterocycles. The molecule has 1 rings (SSSR count). The minimum Gasteiger partial charge on any atom is -0.493 e. The number of rotatable bonds is 4. The summed E-state index contributed by atoms with van der Waals surface area (Å²) in [6.07, 6.45) is -2.60. The number of halogens is 2. The zero-order valence-electron chi connectivity index (χ0n) is 8.09. The lowest BCUT2D eigenvalue weighted by Crippen LogP contribution is -1.98. The number of hydrogen-bond donors (Lipinski definition) is 0. The molecule has 2 nitrogen and oxygen atoms in total. The fourth-order valence-corrected chi connectivity index (χ4v) is 1.19. The van der Waals surface area contributed by atoms with Crippen LogP contribution < -0.4 is 9.47 Å². The average Bonchev–Trinajstić information content (AvgIpc) is 2.16. The summed E-state index contributed by atoms with van der Waals surface area (Å²) in [5.74, 6) is 1.02. The minimum atomic E-state index is -2.34. The first-order valence-electron chi connectivity index (χ1n) is 4.16. The van der Waals surface area contributed by atoms with Gasteiger partial charge in [-0.3, -0.25) is 0 Å². The Labute approximate surface area is 81.4 Å². The van der Waals surface area contributed by atoms with Gasteiger partial charge in [-0.2, -0.15) is 0 Å². The molecule has 0 radical (unpaired) electrons. The quantitative estimate of drug-likeness (QED) is 0.746. The van der Waals surface area contributed by atoms with E-state index >= 15 is 0 Å².